The fourth-order valence-corrected chi connectivity index (χ4v) is 2.19. The summed E-state index contributed by atoms with van der Waals surface area (Å²) in [5.74, 6) is -0.325. The van der Waals surface area contributed by atoms with Crippen molar-refractivity contribution in [1.29, 1.82) is 0 Å². The molecular formula is C13H16ClN3O2. The van der Waals surface area contributed by atoms with Gasteiger partial charge in [0.1, 0.15) is 0 Å². The zero-order valence-electron chi connectivity index (χ0n) is 10.6. The molecule has 1 aromatic carbocycles. The van der Waals surface area contributed by atoms with Gasteiger partial charge in [0.25, 0.3) is 0 Å². The number of amides is 2. The fourth-order valence-electron chi connectivity index (χ4n) is 1.97. The number of halogens is 1. The van der Waals surface area contributed by atoms with E-state index in [2.05, 4.69) is 16.0 Å². The van der Waals surface area contributed by atoms with Crippen molar-refractivity contribution in [2.24, 2.45) is 0 Å². The number of hydrogen-bond donors (Lipinski definition) is 3. The second-order valence-electron chi connectivity index (χ2n) is 4.51. The van der Waals surface area contributed by atoms with Crippen molar-refractivity contribution >= 4 is 29.1 Å². The molecular weight excluding hydrogens is 266 g/mol. The number of carbonyl (C=O) groups excluding carboxylic acids is 2. The van der Waals surface area contributed by atoms with Crippen molar-refractivity contribution in [1.82, 2.24) is 10.6 Å². The van der Waals surface area contributed by atoms with Crippen LogP contribution in [0.3, 0.4) is 0 Å². The molecule has 1 aliphatic rings. The van der Waals surface area contributed by atoms with Gasteiger partial charge >= 0.3 is 0 Å². The Balaban J connectivity index is 1.95. The zero-order chi connectivity index (χ0) is 13.8. The van der Waals surface area contributed by atoms with Crippen LogP contribution in [-0.4, -0.2) is 30.9 Å². The van der Waals surface area contributed by atoms with Crippen molar-refractivity contribution in [3.63, 3.8) is 0 Å². The molecule has 1 heterocycles. The van der Waals surface area contributed by atoms with E-state index in [-0.39, 0.29) is 18.2 Å². The minimum atomic E-state index is -0.457. The number of nitrogens with one attached hydrogen (secondary N) is 3. The van der Waals surface area contributed by atoms with Gasteiger partial charge in [-0.2, -0.15) is 0 Å². The van der Waals surface area contributed by atoms with E-state index in [1.54, 1.807) is 18.2 Å². The number of piperazine rings is 1. The molecule has 1 atom stereocenters. The van der Waals surface area contributed by atoms with Crippen LogP contribution in [0, 0.1) is 6.92 Å². The lowest BCUT2D eigenvalue weighted by Gasteiger charge is -2.23. The predicted octanol–water partition coefficient (Wildman–Crippen LogP) is 1.07. The lowest BCUT2D eigenvalue weighted by atomic mass is 10.1. The fraction of sp³-hybridized carbons (Fsp3) is 0.385. The highest BCUT2D eigenvalue weighted by atomic mass is 35.5. The second-order valence-corrected chi connectivity index (χ2v) is 4.95. The SMILES string of the molecule is Cc1cc(Cl)ccc1NC(=O)C[C@@H]1NCCNC1=O. The van der Waals surface area contributed by atoms with E-state index < -0.39 is 6.04 Å². The third-order valence-electron chi connectivity index (χ3n) is 2.98. The Morgan fingerprint density at radius 1 is 1.47 bits per heavy atom. The number of anilines is 1. The molecule has 1 aromatic rings. The molecule has 1 aliphatic heterocycles. The lowest BCUT2D eigenvalue weighted by Crippen LogP contribution is -2.53. The summed E-state index contributed by atoms with van der Waals surface area (Å²) in [7, 11) is 0. The van der Waals surface area contributed by atoms with Crippen molar-refractivity contribution in [2.45, 2.75) is 19.4 Å². The van der Waals surface area contributed by atoms with Gasteiger partial charge in [-0.3, -0.25) is 9.59 Å². The van der Waals surface area contributed by atoms with Crippen LogP contribution in [0.2, 0.25) is 5.02 Å². The summed E-state index contributed by atoms with van der Waals surface area (Å²) >= 11 is 5.85. The molecule has 0 spiro atoms. The molecule has 0 saturated carbocycles. The van der Waals surface area contributed by atoms with Crippen LogP contribution in [0.4, 0.5) is 5.69 Å². The Kier molecular flexibility index (Phi) is 4.39. The maximum Gasteiger partial charge on any atom is 0.237 e. The first kappa shape index (κ1) is 13.8. The summed E-state index contributed by atoms with van der Waals surface area (Å²) in [6.07, 6.45) is 0.119. The third kappa shape index (κ3) is 3.68. The summed E-state index contributed by atoms with van der Waals surface area (Å²) in [5, 5.41) is 9.15. The van der Waals surface area contributed by atoms with Crippen LogP contribution in [0.25, 0.3) is 0 Å². The van der Waals surface area contributed by atoms with E-state index in [0.717, 1.165) is 5.56 Å². The molecule has 2 amide bonds. The summed E-state index contributed by atoms with van der Waals surface area (Å²) < 4.78 is 0. The molecule has 6 heteroatoms. The van der Waals surface area contributed by atoms with Crippen LogP contribution in [-0.2, 0) is 9.59 Å². The van der Waals surface area contributed by atoms with E-state index >= 15 is 0 Å². The molecule has 19 heavy (non-hydrogen) atoms. The van der Waals surface area contributed by atoms with Crippen LogP contribution in [0.5, 0.6) is 0 Å². The maximum atomic E-state index is 11.9. The third-order valence-corrected chi connectivity index (χ3v) is 3.22. The molecule has 0 bridgehead atoms. The summed E-state index contributed by atoms with van der Waals surface area (Å²) in [5.41, 5.74) is 1.60. The van der Waals surface area contributed by atoms with Gasteiger partial charge in [0.05, 0.1) is 12.5 Å². The van der Waals surface area contributed by atoms with E-state index in [0.29, 0.717) is 23.8 Å². The van der Waals surface area contributed by atoms with Gasteiger partial charge in [-0.1, -0.05) is 11.6 Å². The molecule has 102 valence electrons. The van der Waals surface area contributed by atoms with E-state index in [1.165, 1.54) is 0 Å². The highest BCUT2D eigenvalue weighted by Gasteiger charge is 2.24. The van der Waals surface area contributed by atoms with Gasteiger partial charge in [-0.15, -0.1) is 0 Å². The number of rotatable bonds is 3. The van der Waals surface area contributed by atoms with Gasteiger partial charge in [-0.05, 0) is 30.7 Å². The normalized spacial score (nSPS) is 18.8. The first-order valence-corrected chi connectivity index (χ1v) is 6.51. The highest BCUT2D eigenvalue weighted by Crippen LogP contribution is 2.19. The molecule has 0 aromatic heterocycles. The van der Waals surface area contributed by atoms with Crippen molar-refractivity contribution in [3.8, 4) is 0 Å². The molecule has 2 rings (SSSR count). The van der Waals surface area contributed by atoms with Crippen molar-refractivity contribution in [2.75, 3.05) is 18.4 Å². The van der Waals surface area contributed by atoms with Crippen molar-refractivity contribution in [3.05, 3.63) is 28.8 Å². The summed E-state index contributed by atoms with van der Waals surface area (Å²) in [6.45, 7) is 3.16. The van der Waals surface area contributed by atoms with Gasteiger partial charge in [0, 0.05) is 23.8 Å². The van der Waals surface area contributed by atoms with Gasteiger partial charge < -0.3 is 16.0 Å². The lowest BCUT2D eigenvalue weighted by molar-refractivity contribution is -0.127. The molecule has 5 nitrogen and oxygen atoms in total. The Morgan fingerprint density at radius 3 is 2.95 bits per heavy atom. The predicted molar refractivity (Wildman–Crippen MR) is 74.2 cm³/mol. The first-order valence-electron chi connectivity index (χ1n) is 6.13. The van der Waals surface area contributed by atoms with Crippen molar-refractivity contribution < 1.29 is 9.59 Å². The average molecular weight is 282 g/mol. The van der Waals surface area contributed by atoms with Crippen LogP contribution in [0.15, 0.2) is 18.2 Å². The Bertz CT molecular complexity index is 505. The van der Waals surface area contributed by atoms with Gasteiger partial charge in [-0.25, -0.2) is 0 Å². The number of aryl methyl sites for hydroxylation is 1. The quantitative estimate of drug-likeness (QED) is 0.776. The number of benzene rings is 1. The van der Waals surface area contributed by atoms with Gasteiger partial charge in [0.15, 0.2) is 0 Å². The van der Waals surface area contributed by atoms with Crippen LogP contribution in [0.1, 0.15) is 12.0 Å². The molecule has 0 aliphatic carbocycles. The minimum absolute atomic E-state index is 0.119. The smallest absolute Gasteiger partial charge is 0.237 e. The zero-order valence-corrected chi connectivity index (χ0v) is 11.4. The number of hydrogen-bond acceptors (Lipinski definition) is 3. The highest BCUT2D eigenvalue weighted by molar-refractivity contribution is 6.30. The largest absolute Gasteiger partial charge is 0.353 e. The average Bonchev–Trinajstić information content (AvgIpc) is 2.36. The Labute approximate surface area is 116 Å². The molecule has 0 radical (unpaired) electrons. The maximum absolute atomic E-state index is 11.9. The number of carbonyl (C=O) groups is 2. The molecule has 0 unspecified atom stereocenters. The monoisotopic (exact) mass is 281 g/mol. The van der Waals surface area contributed by atoms with Gasteiger partial charge in [0.2, 0.25) is 11.8 Å². The first-order chi connectivity index (χ1) is 9.06. The molecule has 3 N–H and O–H groups in total. The molecule has 1 fully saturated rings. The standard InChI is InChI=1S/C13H16ClN3O2/c1-8-6-9(14)2-3-10(8)17-12(18)7-11-13(19)16-5-4-15-11/h2-3,6,11,15H,4-5,7H2,1H3,(H,16,19)(H,17,18)/t11-/m0/s1. The van der Waals surface area contributed by atoms with E-state index in [9.17, 15) is 9.59 Å². The summed E-state index contributed by atoms with van der Waals surface area (Å²) in [6, 6.07) is 4.80. The molecule has 1 saturated heterocycles. The van der Waals surface area contributed by atoms with Crippen LogP contribution >= 0.6 is 11.6 Å². The van der Waals surface area contributed by atoms with E-state index in [4.69, 9.17) is 11.6 Å². The Morgan fingerprint density at radius 2 is 2.26 bits per heavy atom. The second kappa shape index (κ2) is 6.04. The topological polar surface area (TPSA) is 70.2 Å². The van der Waals surface area contributed by atoms with E-state index in [1.807, 2.05) is 6.92 Å². The minimum Gasteiger partial charge on any atom is -0.353 e. The Hall–Kier alpha value is -1.59. The van der Waals surface area contributed by atoms with Crippen LogP contribution < -0.4 is 16.0 Å². The summed E-state index contributed by atoms with van der Waals surface area (Å²) in [4.78, 5) is 23.4.